The molecule has 0 heterocycles. The summed E-state index contributed by atoms with van der Waals surface area (Å²) in [4.78, 5) is 22.9. The number of nitrogens with one attached hydrogen (secondary N) is 1. The zero-order chi connectivity index (χ0) is 15.0. The van der Waals surface area contributed by atoms with E-state index in [-0.39, 0.29) is 25.5 Å². The first-order chi connectivity index (χ1) is 9.52. The van der Waals surface area contributed by atoms with Crippen molar-refractivity contribution in [3.63, 3.8) is 0 Å². The van der Waals surface area contributed by atoms with Gasteiger partial charge in [-0.2, -0.15) is 0 Å². The minimum absolute atomic E-state index is 0.149. The highest BCUT2D eigenvalue weighted by Gasteiger charge is 2.16. The maximum absolute atomic E-state index is 11.6. The van der Waals surface area contributed by atoms with E-state index in [9.17, 15) is 9.59 Å². The van der Waals surface area contributed by atoms with Crippen LogP contribution in [0.2, 0.25) is 5.02 Å². The van der Waals surface area contributed by atoms with E-state index in [1.54, 1.807) is 38.1 Å². The SMILES string of the molecule is CCOC(=O)C(C)NC(=O)CCOc1cccc(Cl)c1. The van der Waals surface area contributed by atoms with E-state index in [0.29, 0.717) is 10.8 Å². The van der Waals surface area contributed by atoms with Gasteiger partial charge in [0.25, 0.3) is 0 Å². The number of carbonyl (C=O) groups excluding carboxylic acids is 2. The summed E-state index contributed by atoms with van der Waals surface area (Å²) in [6.45, 7) is 3.79. The van der Waals surface area contributed by atoms with Gasteiger partial charge in [-0.25, -0.2) is 4.79 Å². The van der Waals surface area contributed by atoms with Gasteiger partial charge in [-0.05, 0) is 32.0 Å². The summed E-state index contributed by atoms with van der Waals surface area (Å²) in [6.07, 6.45) is 0.149. The summed E-state index contributed by atoms with van der Waals surface area (Å²) < 4.78 is 10.2. The Morgan fingerprint density at radius 3 is 2.80 bits per heavy atom. The van der Waals surface area contributed by atoms with Gasteiger partial charge in [-0.3, -0.25) is 4.79 Å². The van der Waals surface area contributed by atoms with Gasteiger partial charge in [-0.1, -0.05) is 17.7 Å². The number of ether oxygens (including phenoxy) is 2. The summed E-state index contributed by atoms with van der Waals surface area (Å²) >= 11 is 5.81. The Kier molecular flexibility index (Phi) is 6.87. The maximum atomic E-state index is 11.6. The van der Waals surface area contributed by atoms with Gasteiger partial charge >= 0.3 is 5.97 Å². The molecule has 1 atom stereocenters. The van der Waals surface area contributed by atoms with E-state index in [0.717, 1.165) is 0 Å². The second kappa shape index (κ2) is 8.43. The third-order valence-corrected chi connectivity index (χ3v) is 2.65. The maximum Gasteiger partial charge on any atom is 0.328 e. The molecule has 0 spiro atoms. The molecule has 20 heavy (non-hydrogen) atoms. The van der Waals surface area contributed by atoms with Crippen LogP contribution in [0.4, 0.5) is 0 Å². The Bertz CT molecular complexity index is 464. The van der Waals surface area contributed by atoms with Crippen molar-refractivity contribution in [2.75, 3.05) is 13.2 Å². The number of rotatable bonds is 7. The standard InChI is InChI=1S/C14H18ClNO4/c1-3-19-14(18)10(2)16-13(17)7-8-20-12-6-4-5-11(15)9-12/h4-6,9-10H,3,7-8H2,1-2H3,(H,16,17). The van der Waals surface area contributed by atoms with Crippen molar-refractivity contribution >= 4 is 23.5 Å². The second-order valence-electron chi connectivity index (χ2n) is 4.10. The predicted octanol–water partition coefficient (Wildman–Crippen LogP) is 2.18. The van der Waals surface area contributed by atoms with Gasteiger partial charge in [0.2, 0.25) is 5.91 Å². The molecule has 1 N–H and O–H groups in total. The van der Waals surface area contributed by atoms with Crippen molar-refractivity contribution in [3.05, 3.63) is 29.3 Å². The third kappa shape index (κ3) is 5.93. The summed E-state index contributed by atoms with van der Waals surface area (Å²) in [7, 11) is 0. The fourth-order valence-corrected chi connectivity index (χ4v) is 1.64. The van der Waals surface area contributed by atoms with Crippen molar-refractivity contribution in [2.45, 2.75) is 26.3 Å². The lowest BCUT2D eigenvalue weighted by Crippen LogP contribution is -2.40. The molecule has 0 radical (unpaired) electrons. The summed E-state index contributed by atoms with van der Waals surface area (Å²) in [5, 5.41) is 3.11. The van der Waals surface area contributed by atoms with Crippen LogP contribution in [-0.4, -0.2) is 31.1 Å². The number of hydrogen-bond donors (Lipinski definition) is 1. The quantitative estimate of drug-likeness (QED) is 0.784. The molecule has 0 aliphatic carbocycles. The number of esters is 1. The Morgan fingerprint density at radius 2 is 2.15 bits per heavy atom. The Morgan fingerprint density at radius 1 is 1.40 bits per heavy atom. The fraction of sp³-hybridized carbons (Fsp3) is 0.429. The molecule has 0 bridgehead atoms. The van der Waals surface area contributed by atoms with Crippen LogP contribution in [0.5, 0.6) is 5.75 Å². The smallest absolute Gasteiger partial charge is 0.328 e. The van der Waals surface area contributed by atoms with E-state index in [1.165, 1.54) is 0 Å². The molecule has 1 aromatic carbocycles. The normalized spacial score (nSPS) is 11.6. The first-order valence-electron chi connectivity index (χ1n) is 6.37. The van der Waals surface area contributed by atoms with Gasteiger partial charge in [0.05, 0.1) is 19.6 Å². The number of amides is 1. The average Bonchev–Trinajstić information content (AvgIpc) is 2.39. The van der Waals surface area contributed by atoms with Crippen LogP contribution in [-0.2, 0) is 14.3 Å². The predicted molar refractivity (Wildman–Crippen MR) is 75.8 cm³/mol. The Hall–Kier alpha value is -1.75. The van der Waals surface area contributed by atoms with Crippen LogP contribution < -0.4 is 10.1 Å². The lowest BCUT2D eigenvalue weighted by molar-refractivity contribution is -0.146. The van der Waals surface area contributed by atoms with E-state index >= 15 is 0 Å². The highest BCUT2D eigenvalue weighted by Crippen LogP contribution is 2.17. The number of carbonyl (C=O) groups is 2. The highest BCUT2D eigenvalue weighted by atomic mass is 35.5. The van der Waals surface area contributed by atoms with E-state index in [2.05, 4.69) is 5.32 Å². The van der Waals surface area contributed by atoms with Crippen molar-refractivity contribution < 1.29 is 19.1 Å². The van der Waals surface area contributed by atoms with Gasteiger partial charge < -0.3 is 14.8 Å². The molecular weight excluding hydrogens is 282 g/mol. The number of benzene rings is 1. The van der Waals surface area contributed by atoms with Gasteiger partial charge in [-0.15, -0.1) is 0 Å². The molecule has 1 rings (SSSR count). The van der Waals surface area contributed by atoms with Crippen molar-refractivity contribution in [3.8, 4) is 5.75 Å². The molecule has 0 fully saturated rings. The zero-order valence-electron chi connectivity index (χ0n) is 11.5. The molecule has 0 aliphatic rings. The van der Waals surface area contributed by atoms with Gasteiger partial charge in [0.15, 0.2) is 0 Å². The minimum Gasteiger partial charge on any atom is -0.493 e. The first kappa shape index (κ1) is 16.3. The molecule has 5 nitrogen and oxygen atoms in total. The van der Waals surface area contributed by atoms with Crippen LogP contribution >= 0.6 is 11.6 Å². The molecule has 0 aliphatic heterocycles. The van der Waals surface area contributed by atoms with Crippen molar-refractivity contribution in [1.82, 2.24) is 5.32 Å². The largest absolute Gasteiger partial charge is 0.493 e. The summed E-state index contributed by atoms with van der Waals surface area (Å²) in [5.41, 5.74) is 0. The van der Waals surface area contributed by atoms with E-state index in [1.807, 2.05) is 0 Å². The molecule has 0 aromatic heterocycles. The topological polar surface area (TPSA) is 64.6 Å². The molecule has 0 saturated carbocycles. The molecule has 1 unspecified atom stereocenters. The lowest BCUT2D eigenvalue weighted by atomic mass is 10.3. The van der Waals surface area contributed by atoms with Crippen LogP contribution in [0.1, 0.15) is 20.3 Å². The molecule has 1 amide bonds. The van der Waals surface area contributed by atoms with Crippen molar-refractivity contribution in [2.24, 2.45) is 0 Å². The average molecular weight is 300 g/mol. The monoisotopic (exact) mass is 299 g/mol. The lowest BCUT2D eigenvalue weighted by Gasteiger charge is -2.12. The first-order valence-corrected chi connectivity index (χ1v) is 6.75. The zero-order valence-corrected chi connectivity index (χ0v) is 12.3. The molecular formula is C14H18ClNO4. The van der Waals surface area contributed by atoms with E-state index < -0.39 is 12.0 Å². The second-order valence-corrected chi connectivity index (χ2v) is 4.53. The van der Waals surface area contributed by atoms with Crippen LogP contribution in [0.3, 0.4) is 0 Å². The minimum atomic E-state index is -0.659. The van der Waals surface area contributed by atoms with Crippen LogP contribution in [0.15, 0.2) is 24.3 Å². The molecule has 1 aromatic rings. The molecule has 0 saturated heterocycles. The van der Waals surface area contributed by atoms with Gasteiger partial charge in [0, 0.05) is 5.02 Å². The van der Waals surface area contributed by atoms with Crippen LogP contribution in [0, 0.1) is 0 Å². The third-order valence-electron chi connectivity index (χ3n) is 2.41. The molecule has 6 heteroatoms. The van der Waals surface area contributed by atoms with Crippen LogP contribution in [0.25, 0.3) is 0 Å². The number of halogens is 1. The van der Waals surface area contributed by atoms with Crippen molar-refractivity contribution in [1.29, 1.82) is 0 Å². The highest BCUT2D eigenvalue weighted by molar-refractivity contribution is 6.30. The summed E-state index contributed by atoms with van der Waals surface area (Å²) in [5.74, 6) is -0.118. The fourth-order valence-electron chi connectivity index (χ4n) is 1.46. The number of hydrogen-bond acceptors (Lipinski definition) is 4. The molecule has 110 valence electrons. The Balaban J connectivity index is 2.28. The van der Waals surface area contributed by atoms with Gasteiger partial charge in [0.1, 0.15) is 11.8 Å². The van der Waals surface area contributed by atoms with E-state index in [4.69, 9.17) is 21.1 Å². The Labute approximate surface area is 123 Å². The summed E-state index contributed by atoms with van der Waals surface area (Å²) in [6, 6.07) is 6.27.